The highest BCUT2D eigenvalue weighted by Gasteiger charge is 2.15. The van der Waals surface area contributed by atoms with Gasteiger partial charge >= 0.3 is 0 Å². The van der Waals surface area contributed by atoms with Crippen LogP contribution >= 0.6 is 0 Å². The number of anilines is 1. The topological polar surface area (TPSA) is 106 Å². The van der Waals surface area contributed by atoms with Gasteiger partial charge in [-0.25, -0.2) is 0 Å². The predicted octanol–water partition coefficient (Wildman–Crippen LogP) is 1.56. The van der Waals surface area contributed by atoms with Gasteiger partial charge in [0.25, 0.3) is 5.91 Å². The molecule has 0 fully saturated rings. The smallest absolute Gasteiger partial charge is 0.273 e. The highest BCUT2D eigenvalue weighted by molar-refractivity contribution is 6.09. The number of rotatable bonds is 4. The Bertz CT molecular complexity index is 690. The molecule has 7 nitrogen and oxygen atoms in total. The molecule has 2 aromatic rings. The summed E-state index contributed by atoms with van der Waals surface area (Å²) in [5, 5.41) is 18.7. The van der Waals surface area contributed by atoms with Crippen LogP contribution in [0.2, 0.25) is 0 Å². The fourth-order valence-electron chi connectivity index (χ4n) is 2.03. The van der Waals surface area contributed by atoms with Crippen molar-refractivity contribution in [2.75, 3.05) is 5.32 Å². The van der Waals surface area contributed by atoms with E-state index >= 15 is 0 Å². The Hall–Kier alpha value is -2.83. The van der Waals surface area contributed by atoms with Gasteiger partial charge in [0, 0.05) is 12.1 Å². The molecule has 0 atom stereocenters. The Morgan fingerprint density at radius 1 is 1.48 bits per heavy atom. The van der Waals surface area contributed by atoms with Crippen molar-refractivity contribution in [2.45, 2.75) is 20.4 Å². The number of carbonyl (C=O) groups is 1. The Kier molecular flexibility index (Phi) is 4.22. The molecule has 0 aliphatic rings. The second-order valence-corrected chi connectivity index (χ2v) is 4.47. The average molecular weight is 287 g/mol. The van der Waals surface area contributed by atoms with Gasteiger partial charge in [0.05, 0.1) is 11.4 Å². The van der Waals surface area contributed by atoms with Gasteiger partial charge in [-0.05, 0) is 32.0 Å². The van der Waals surface area contributed by atoms with Crippen molar-refractivity contribution in [1.29, 1.82) is 0 Å². The van der Waals surface area contributed by atoms with Gasteiger partial charge in [0.2, 0.25) is 0 Å². The molecule has 1 heterocycles. The zero-order chi connectivity index (χ0) is 15.4. The van der Waals surface area contributed by atoms with Crippen molar-refractivity contribution in [3.63, 3.8) is 0 Å². The molecule has 0 aliphatic carbocycles. The monoisotopic (exact) mass is 287 g/mol. The van der Waals surface area contributed by atoms with Crippen molar-refractivity contribution < 1.29 is 10.0 Å². The summed E-state index contributed by atoms with van der Waals surface area (Å²) in [6, 6.07) is 8.55. The normalized spacial score (nSPS) is 11.4. The number of benzene rings is 1. The molecule has 1 aromatic carbocycles. The molecular formula is C14H17N5O2. The van der Waals surface area contributed by atoms with Gasteiger partial charge in [0.15, 0.2) is 5.84 Å². The average Bonchev–Trinajstić information content (AvgIpc) is 2.88. The minimum absolute atomic E-state index is 0.0638. The van der Waals surface area contributed by atoms with Crippen molar-refractivity contribution in [3.05, 3.63) is 47.3 Å². The molecule has 1 amide bonds. The van der Waals surface area contributed by atoms with E-state index in [4.69, 9.17) is 10.9 Å². The number of amidine groups is 1. The molecular weight excluding hydrogens is 270 g/mol. The number of carbonyl (C=O) groups excluding carboxylic acids is 1. The maximum atomic E-state index is 12.4. The number of hydrogen-bond acceptors (Lipinski definition) is 4. The van der Waals surface area contributed by atoms with Crippen LogP contribution in [0.1, 0.15) is 28.7 Å². The molecule has 0 radical (unpaired) electrons. The molecule has 0 bridgehead atoms. The molecule has 4 N–H and O–H groups in total. The summed E-state index contributed by atoms with van der Waals surface area (Å²) in [7, 11) is 0. The molecule has 0 spiro atoms. The quantitative estimate of drug-likeness (QED) is 0.343. The fourth-order valence-corrected chi connectivity index (χ4v) is 2.03. The minimum Gasteiger partial charge on any atom is -0.409 e. The third kappa shape index (κ3) is 3.02. The zero-order valence-corrected chi connectivity index (χ0v) is 11.9. The van der Waals surface area contributed by atoms with Crippen LogP contribution in [0, 0.1) is 6.92 Å². The minimum atomic E-state index is -0.296. The summed E-state index contributed by atoms with van der Waals surface area (Å²) in [6.45, 7) is 4.33. The van der Waals surface area contributed by atoms with Crippen molar-refractivity contribution in [3.8, 4) is 0 Å². The lowest BCUT2D eigenvalue weighted by Gasteiger charge is -2.10. The molecule has 0 unspecified atom stereocenters. The van der Waals surface area contributed by atoms with Gasteiger partial charge in [-0.3, -0.25) is 9.48 Å². The van der Waals surface area contributed by atoms with Gasteiger partial charge in [-0.1, -0.05) is 17.3 Å². The lowest BCUT2D eigenvalue weighted by atomic mass is 10.1. The summed E-state index contributed by atoms with van der Waals surface area (Å²) >= 11 is 0. The van der Waals surface area contributed by atoms with Crippen LogP contribution in [0.25, 0.3) is 0 Å². The van der Waals surface area contributed by atoms with Gasteiger partial charge in [-0.15, -0.1) is 0 Å². The number of hydrogen-bond donors (Lipinski definition) is 3. The maximum absolute atomic E-state index is 12.4. The number of amides is 1. The van der Waals surface area contributed by atoms with Crippen LogP contribution < -0.4 is 11.1 Å². The molecule has 2 rings (SSSR count). The van der Waals surface area contributed by atoms with Crippen LogP contribution in [-0.4, -0.2) is 26.7 Å². The lowest BCUT2D eigenvalue weighted by molar-refractivity contribution is 0.101. The Balaban J connectivity index is 2.32. The largest absolute Gasteiger partial charge is 0.409 e. The van der Waals surface area contributed by atoms with E-state index in [0.717, 1.165) is 5.69 Å². The molecule has 21 heavy (non-hydrogen) atoms. The lowest BCUT2D eigenvalue weighted by Crippen LogP contribution is -2.21. The molecule has 0 saturated heterocycles. The predicted molar refractivity (Wildman–Crippen MR) is 79.5 cm³/mol. The van der Waals surface area contributed by atoms with Crippen molar-refractivity contribution >= 4 is 17.4 Å². The SMILES string of the molecule is CCn1nc(C)cc1C(=O)Nc1ccccc1C(N)=NO. The fraction of sp³-hybridized carbons (Fsp3) is 0.214. The zero-order valence-electron chi connectivity index (χ0n) is 11.9. The first kappa shape index (κ1) is 14.6. The number of nitrogens with two attached hydrogens (primary N) is 1. The number of oxime groups is 1. The Morgan fingerprint density at radius 3 is 2.86 bits per heavy atom. The Labute approximate surface area is 122 Å². The summed E-state index contributed by atoms with van der Waals surface area (Å²) in [6.07, 6.45) is 0. The summed E-state index contributed by atoms with van der Waals surface area (Å²) in [5.74, 6) is -0.360. The first-order valence-electron chi connectivity index (χ1n) is 6.49. The third-order valence-corrected chi connectivity index (χ3v) is 2.99. The summed E-state index contributed by atoms with van der Waals surface area (Å²) in [4.78, 5) is 12.4. The third-order valence-electron chi connectivity index (χ3n) is 2.99. The van der Waals surface area contributed by atoms with E-state index in [9.17, 15) is 4.79 Å². The maximum Gasteiger partial charge on any atom is 0.273 e. The van der Waals surface area contributed by atoms with E-state index < -0.39 is 0 Å². The van der Waals surface area contributed by atoms with E-state index in [0.29, 0.717) is 23.5 Å². The number of aromatic nitrogens is 2. The summed E-state index contributed by atoms with van der Waals surface area (Å²) < 4.78 is 1.62. The number of aryl methyl sites for hydroxylation is 2. The molecule has 7 heteroatoms. The van der Waals surface area contributed by atoms with Crippen LogP contribution in [-0.2, 0) is 6.54 Å². The number of nitrogens with zero attached hydrogens (tertiary/aromatic N) is 3. The van der Waals surface area contributed by atoms with Crippen LogP contribution in [0.5, 0.6) is 0 Å². The molecule has 0 saturated carbocycles. The molecule has 0 aliphatic heterocycles. The van der Waals surface area contributed by atoms with Gasteiger partial charge in [-0.2, -0.15) is 5.10 Å². The van der Waals surface area contributed by atoms with E-state index in [2.05, 4.69) is 15.6 Å². The highest BCUT2D eigenvalue weighted by atomic mass is 16.4. The van der Waals surface area contributed by atoms with Crippen molar-refractivity contribution in [1.82, 2.24) is 9.78 Å². The van der Waals surface area contributed by atoms with Crippen LogP contribution in [0.4, 0.5) is 5.69 Å². The first-order valence-corrected chi connectivity index (χ1v) is 6.49. The van der Waals surface area contributed by atoms with E-state index in [1.807, 2.05) is 13.8 Å². The van der Waals surface area contributed by atoms with E-state index in [1.165, 1.54) is 0 Å². The second-order valence-electron chi connectivity index (χ2n) is 4.47. The molecule has 110 valence electrons. The Morgan fingerprint density at radius 2 is 2.19 bits per heavy atom. The van der Waals surface area contributed by atoms with E-state index in [1.54, 1.807) is 35.0 Å². The molecule has 1 aromatic heterocycles. The van der Waals surface area contributed by atoms with Crippen molar-refractivity contribution in [2.24, 2.45) is 10.9 Å². The number of para-hydroxylation sites is 1. The van der Waals surface area contributed by atoms with Gasteiger partial charge < -0.3 is 16.3 Å². The number of nitrogens with one attached hydrogen (secondary N) is 1. The van der Waals surface area contributed by atoms with Gasteiger partial charge in [0.1, 0.15) is 5.69 Å². The second kappa shape index (κ2) is 6.08. The summed E-state index contributed by atoms with van der Waals surface area (Å²) in [5.41, 5.74) is 7.76. The van der Waals surface area contributed by atoms with Crippen LogP contribution in [0.3, 0.4) is 0 Å². The standard InChI is InChI=1S/C14H17N5O2/c1-3-19-12(8-9(2)17-19)14(20)16-11-7-5-4-6-10(11)13(15)18-21/h4-8,21H,3H2,1-2H3,(H2,15,18)(H,16,20). The first-order chi connectivity index (χ1) is 10.1. The highest BCUT2D eigenvalue weighted by Crippen LogP contribution is 2.16. The van der Waals surface area contributed by atoms with Crippen LogP contribution in [0.15, 0.2) is 35.5 Å². The van der Waals surface area contributed by atoms with E-state index in [-0.39, 0.29) is 11.7 Å².